The summed E-state index contributed by atoms with van der Waals surface area (Å²) in [5.41, 5.74) is 5.82. The van der Waals surface area contributed by atoms with Crippen LogP contribution in [0.3, 0.4) is 0 Å². The summed E-state index contributed by atoms with van der Waals surface area (Å²) >= 11 is 0. The molecule has 0 aliphatic carbocycles. The standard InChI is InChI=1S/C10H7NO4/c11-6-2-1-3-7-10(6)15-9(13)5-4-8(12)14-7/h1-5H,11H2/b5-4-. The lowest BCUT2D eigenvalue weighted by Gasteiger charge is -2.12. The predicted octanol–water partition coefficient (Wildman–Crippen LogP) is 0.649. The van der Waals surface area contributed by atoms with E-state index in [9.17, 15) is 9.59 Å². The van der Waals surface area contributed by atoms with E-state index in [4.69, 9.17) is 15.2 Å². The zero-order chi connectivity index (χ0) is 10.8. The van der Waals surface area contributed by atoms with Crippen LogP contribution in [0.5, 0.6) is 11.5 Å². The van der Waals surface area contributed by atoms with Crippen LogP contribution in [0.15, 0.2) is 30.4 Å². The topological polar surface area (TPSA) is 78.6 Å². The van der Waals surface area contributed by atoms with Crippen molar-refractivity contribution in [2.75, 3.05) is 5.73 Å². The summed E-state index contributed by atoms with van der Waals surface area (Å²) < 4.78 is 9.77. The van der Waals surface area contributed by atoms with Crippen molar-refractivity contribution in [3.8, 4) is 11.5 Å². The highest BCUT2D eigenvalue weighted by molar-refractivity contribution is 5.95. The molecule has 0 unspecified atom stereocenters. The molecule has 1 aromatic rings. The molecule has 0 aromatic heterocycles. The average molecular weight is 205 g/mol. The first kappa shape index (κ1) is 9.26. The van der Waals surface area contributed by atoms with Crippen LogP contribution in [0.25, 0.3) is 0 Å². The first-order valence-electron chi connectivity index (χ1n) is 4.17. The second kappa shape index (κ2) is 3.45. The molecule has 2 N–H and O–H groups in total. The number of hydrogen-bond donors (Lipinski definition) is 1. The summed E-state index contributed by atoms with van der Waals surface area (Å²) in [5, 5.41) is 0. The van der Waals surface area contributed by atoms with Crippen LogP contribution < -0.4 is 15.2 Å². The Morgan fingerprint density at radius 2 is 1.67 bits per heavy atom. The number of anilines is 1. The lowest BCUT2D eigenvalue weighted by Crippen LogP contribution is -2.14. The van der Waals surface area contributed by atoms with Gasteiger partial charge in [0.05, 0.1) is 5.69 Å². The molecular formula is C10H7NO4. The predicted molar refractivity (Wildman–Crippen MR) is 51.3 cm³/mol. The zero-order valence-electron chi connectivity index (χ0n) is 7.60. The Kier molecular flexibility index (Phi) is 2.13. The number of carbonyl (C=O) groups is 2. The van der Waals surface area contributed by atoms with Gasteiger partial charge in [-0.05, 0) is 12.1 Å². The highest BCUT2D eigenvalue weighted by atomic mass is 16.6. The van der Waals surface area contributed by atoms with Gasteiger partial charge in [-0.15, -0.1) is 0 Å². The Hall–Kier alpha value is -2.30. The van der Waals surface area contributed by atoms with Crippen LogP contribution in [0.2, 0.25) is 0 Å². The fourth-order valence-corrected chi connectivity index (χ4v) is 1.14. The molecule has 1 aromatic carbocycles. The van der Waals surface area contributed by atoms with E-state index in [0.717, 1.165) is 12.2 Å². The number of rotatable bonds is 0. The van der Waals surface area contributed by atoms with Gasteiger partial charge in [-0.1, -0.05) is 6.07 Å². The number of esters is 2. The number of benzene rings is 1. The zero-order valence-corrected chi connectivity index (χ0v) is 7.60. The van der Waals surface area contributed by atoms with Crippen LogP contribution in [0, 0.1) is 0 Å². The molecule has 1 heterocycles. The molecule has 2 rings (SSSR count). The van der Waals surface area contributed by atoms with E-state index < -0.39 is 11.9 Å². The quantitative estimate of drug-likeness (QED) is 0.382. The molecule has 5 heteroatoms. The van der Waals surface area contributed by atoms with Crippen molar-refractivity contribution >= 4 is 17.6 Å². The third-order valence-corrected chi connectivity index (χ3v) is 1.78. The van der Waals surface area contributed by atoms with Gasteiger partial charge in [0, 0.05) is 12.2 Å². The van der Waals surface area contributed by atoms with E-state index >= 15 is 0 Å². The Labute approximate surface area is 85.1 Å². The van der Waals surface area contributed by atoms with Gasteiger partial charge in [-0.25, -0.2) is 9.59 Å². The summed E-state index contributed by atoms with van der Waals surface area (Å²) in [4.78, 5) is 22.2. The van der Waals surface area contributed by atoms with E-state index in [1.54, 1.807) is 12.1 Å². The summed E-state index contributed by atoms with van der Waals surface area (Å²) in [6.07, 6.45) is 1.98. The van der Waals surface area contributed by atoms with Crippen molar-refractivity contribution < 1.29 is 19.1 Å². The molecule has 1 aliphatic rings. The Bertz CT molecular complexity index is 464. The highest BCUT2D eigenvalue weighted by Crippen LogP contribution is 2.34. The second-order valence-electron chi connectivity index (χ2n) is 2.85. The highest BCUT2D eigenvalue weighted by Gasteiger charge is 2.17. The summed E-state index contributed by atoms with van der Waals surface area (Å²) in [5.74, 6) is -1.10. The fraction of sp³-hybridized carbons (Fsp3) is 0. The number of nitrogen functional groups attached to an aromatic ring is 1. The lowest BCUT2D eigenvalue weighted by molar-refractivity contribution is -0.133. The van der Waals surface area contributed by atoms with Crippen molar-refractivity contribution in [2.24, 2.45) is 0 Å². The van der Waals surface area contributed by atoms with Crippen LogP contribution in [0.1, 0.15) is 0 Å². The maximum absolute atomic E-state index is 11.1. The Morgan fingerprint density at radius 3 is 2.40 bits per heavy atom. The monoisotopic (exact) mass is 205 g/mol. The molecule has 76 valence electrons. The molecule has 0 spiro atoms. The van der Waals surface area contributed by atoms with E-state index in [1.807, 2.05) is 0 Å². The number of nitrogens with two attached hydrogens (primary N) is 1. The van der Waals surface area contributed by atoms with Gasteiger partial charge in [0.15, 0.2) is 11.5 Å². The minimum Gasteiger partial charge on any atom is -0.419 e. The molecule has 0 radical (unpaired) electrons. The molecule has 0 saturated carbocycles. The summed E-state index contributed by atoms with van der Waals surface area (Å²) in [6.45, 7) is 0. The molecular weight excluding hydrogens is 198 g/mol. The number of hydrogen-bond acceptors (Lipinski definition) is 5. The second-order valence-corrected chi connectivity index (χ2v) is 2.85. The van der Waals surface area contributed by atoms with Gasteiger partial charge in [0.1, 0.15) is 0 Å². The Morgan fingerprint density at radius 1 is 1.00 bits per heavy atom. The van der Waals surface area contributed by atoms with Crippen LogP contribution in [0.4, 0.5) is 5.69 Å². The van der Waals surface area contributed by atoms with Gasteiger partial charge in [0.25, 0.3) is 0 Å². The molecule has 15 heavy (non-hydrogen) atoms. The fourth-order valence-electron chi connectivity index (χ4n) is 1.14. The molecule has 0 amide bonds. The maximum atomic E-state index is 11.1. The van der Waals surface area contributed by atoms with Gasteiger partial charge in [0.2, 0.25) is 0 Å². The number of fused-ring (bicyclic) bond motifs is 1. The number of ether oxygens (including phenoxy) is 2. The summed E-state index contributed by atoms with van der Waals surface area (Å²) in [7, 11) is 0. The van der Waals surface area contributed by atoms with Crippen molar-refractivity contribution in [1.82, 2.24) is 0 Å². The van der Waals surface area contributed by atoms with E-state index in [1.165, 1.54) is 6.07 Å². The number of para-hydroxylation sites is 1. The number of carbonyl (C=O) groups excluding carboxylic acids is 2. The van der Waals surface area contributed by atoms with Crippen molar-refractivity contribution in [3.63, 3.8) is 0 Å². The minimum atomic E-state index is -0.661. The van der Waals surface area contributed by atoms with Crippen LogP contribution >= 0.6 is 0 Å². The van der Waals surface area contributed by atoms with Crippen molar-refractivity contribution in [3.05, 3.63) is 30.4 Å². The molecule has 0 saturated heterocycles. The lowest BCUT2D eigenvalue weighted by atomic mass is 10.2. The third kappa shape index (κ3) is 1.80. The molecule has 1 aliphatic heterocycles. The summed E-state index contributed by atoms with van der Waals surface area (Å²) in [6, 6.07) is 4.64. The van der Waals surface area contributed by atoms with Crippen molar-refractivity contribution in [1.29, 1.82) is 0 Å². The van der Waals surface area contributed by atoms with Gasteiger partial charge in [-0.3, -0.25) is 0 Å². The SMILES string of the molecule is Nc1cccc2c1OC(=O)/C=C\C(=O)O2. The average Bonchev–Trinajstić information content (AvgIpc) is 2.18. The third-order valence-electron chi connectivity index (χ3n) is 1.78. The molecule has 5 nitrogen and oxygen atoms in total. The van der Waals surface area contributed by atoms with Crippen LogP contribution in [-0.4, -0.2) is 11.9 Å². The van der Waals surface area contributed by atoms with E-state index in [-0.39, 0.29) is 17.2 Å². The maximum Gasteiger partial charge on any atom is 0.336 e. The molecule has 0 bridgehead atoms. The first-order valence-corrected chi connectivity index (χ1v) is 4.17. The van der Waals surface area contributed by atoms with Gasteiger partial charge < -0.3 is 15.2 Å². The largest absolute Gasteiger partial charge is 0.419 e. The van der Waals surface area contributed by atoms with Gasteiger partial charge >= 0.3 is 11.9 Å². The van der Waals surface area contributed by atoms with Gasteiger partial charge in [-0.2, -0.15) is 0 Å². The molecule has 0 fully saturated rings. The smallest absolute Gasteiger partial charge is 0.336 e. The minimum absolute atomic E-state index is 0.0696. The van der Waals surface area contributed by atoms with E-state index in [0.29, 0.717) is 0 Å². The first-order chi connectivity index (χ1) is 7.16. The molecule has 0 atom stereocenters. The van der Waals surface area contributed by atoms with Crippen molar-refractivity contribution in [2.45, 2.75) is 0 Å². The normalized spacial score (nSPS) is 16.8. The van der Waals surface area contributed by atoms with E-state index in [2.05, 4.69) is 0 Å². The van der Waals surface area contributed by atoms with Crippen LogP contribution in [-0.2, 0) is 9.59 Å². The Balaban J connectivity index is 2.51.